The van der Waals surface area contributed by atoms with Crippen molar-refractivity contribution in [2.24, 2.45) is 51.6 Å². The van der Waals surface area contributed by atoms with Crippen LogP contribution in [0.5, 0.6) is 17.2 Å². The predicted molar refractivity (Wildman–Crippen MR) is 522 cm³/mol. The maximum absolute atomic E-state index is 15.9. The van der Waals surface area contributed by atoms with Crippen LogP contribution in [0, 0.1) is 27.0 Å². The maximum atomic E-state index is 15.9. The van der Waals surface area contributed by atoms with Gasteiger partial charge in [-0.15, -0.1) is 0 Å². The number of unbranched alkanes of at least 4 members (excludes halogenated alkanes) is 2. The number of amides is 15. The molecule has 2 heterocycles. The monoisotopic (exact) mass is 2000 g/mol. The van der Waals surface area contributed by atoms with Crippen LogP contribution in [0.4, 0.5) is 4.79 Å². The maximum Gasteiger partial charge on any atom is 0.326 e. The number of benzene rings is 3. The molecule has 140 heavy (non-hydrogen) atoms. The van der Waals surface area contributed by atoms with E-state index in [0.717, 1.165) is 0 Å². The summed E-state index contributed by atoms with van der Waals surface area (Å²) in [7, 11) is 1.42. The summed E-state index contributed by atoms with van der Waals surface area (Å²) in [6.07, 6.45) is -1.68. The third-order valence-corrected chi connectivity index (χ3v) is 24.6. The van der Waals surface area contributed by atoms with Crippen molar-refractivity contribution in [1.82, 2.24) is 101 Å². The lowest BCUT2D eigenvalue weighted by molar-refractivity contribution is -0.142. The molecule has 0 saturated carbocycles. The number of carbonyl (C=O) groups is 15. The SMILES string of the molecule is N=C(N)NCCC[C@H](NC(=O)[C@@H]1CSSC[C@H](NC(=O)[C@H](Cc2ccc(O)cc2)NC(=O)[C@H](CCCNC(=N)N)NC(=O)[C@@H](N)CCCNC(=N)N)C(=O)N[C@@H](Cc2ccc(O)cc2)C(=O)N[C@@H](CCCNC(=N)N)C(=O)N[C@@H](CCCCN)C(=O)N[C@H](CCCCN)C(=O)N2CCC[C@H]2C(=O)N[C@@H](Cc2ccc(O)cc2)C(=O)N[C@@H](CCCNC(=N)N)C(=O)N[C@@H](CCCNC(N)=O)C(=O)N1)C(=O)O. The van der Waals surface area contributed by atoms with E-state index in [1.54, 1.807) is 0 Å². The average molecular weight is 2000 g/mol. The third-order valence-electron chi connectivity index (χ3n) is 22.2. The molecule has 0 unspecified atom stereocenters. The highest BCUT2D eigenvalue weighted by atomic mass is 33.1. The molecule has 0 aromatic heterocycles. The van der Waals surface area contributed by atoms with Crippen molar-refractivity contribution in [2.75, 3.05) is 70.4 Å². The third kappa shape index (κ3) is 44.5. The van der Waals surface area contributed by atoms with Gasteiger partial charge in [-0.1, -0.05) is 58.0 Å². The number of carboxylic acids is 1. The second-order valence-electron chi connectivity index (χ2n) is 33.5. The number of rotatable bonds is 47. The normalized spacial score (nSPS) is 20.4. The topological polar surface area (TPSA) is 910 Å². The first-order valence-corrected chi connectivity index (χ1v) is 48.5. The molecule has 774 valence electrons. The fourth-order valence-electron chi connectivity index (χ4n) is 14.8. The average Bonchev–Trinajstić information content (AvgIpc) is 1.68. The van der Waals surface area contributed by atoms with Crippen molar-refractivity contribution in [3.05, 3.63) is 89.5 Å². The van der Waals surface area contributed by atoms with E-state index in [0.29, 0.717) is 40.0 Å². The number of fused-ring (bicyclic) bond motifs is 1. The number of hydrogen-bond acceptors (Lipinski definition) is 28. The van der Waals surface area contributed by atoms with Gasteiger partial charge >= 0.3 is 12.0 Å². The smallest absolute Gasteiger partial charge is 0.326 e. The lowest BCUT2D eigenvalue weighted by atomic mass is 10.0. The molecule has 0 spiro atoms. The number of carboxylic acid groups (broad SMARTS) is 1. The van der Waals surface area contributed by atoms with E-state index < -0.39 is 228 Å². The Bertz CT molecular complexity index is 4650. The molecule has 3 aromatic rings. The highest BCUT2D eigenvalue weighted by molar-refractivity contribution is 8.76. The van der Waals surface area contributed by atoms with Gasteiger partial charge in [-0.25, -0.2) is 9.59 Å². The molecule has 0 radical (unpaired) electrons. The minimum atomic E-state index is -1.93. The van der Waals surface area contributed by atoms with Crippen LogP contribution in [-0.4, -0.2) is 299 Å². The van der Waals surface area contributed by atoms with Crippen molar-refractivity contribution in [3.63, 3.8) is 0 Å². The van der Waals surface area contributed by atoms with Crippen LogP contribution < -0.4 is 147 Å². The van der Waals surface area contributed by atoms with Gasteiger partial charge in [0.05, 0.1) is 6.04 Å². The van der Waals surface area contributed by atoms with E-state index in [4.69, 9.17) is 78.6 Å². The van der Waals surface area contributed by atoms with Crippen molar-refractivity contribution in [3.8, 4) is 17.2 Å². The predicted octanol–water partition coefficient (Wildman–Crippen LogP) is -7.53. The highest BCUT2D eigenvalue weighted by Gasteiger charge is 2.42. The summed E-state index contributed by atoms with van der Waals surface area (Å²) in [5.74, 6) is -19.0. The molecule has 2 aliphatic rings. The van der Waals surface area contributed by atoms with Crippen molar-refractivity contribution >= 4 is 140 Å². The number of carbonyl (C=O) groups excluding carboxylic acids is 14. The standard InChI is InChI=1S/C86H139N33O19S2/c87-33-3-1-13-54-70(126)112-59(14-2-4-34-88)79(135)119-41-11-20-66(119)78(134)116-63(44-49-25-31-52(122)32-26-49)74(130)111-57(17-8-38-104-84(96)97)69(125)109-58(18-9-40-106-86(100)138)72(128)117-64(76(132)113-60(80(136)137)19-10-39-105-85(98)99)45-139-140-46-65(77(133)115-61(42-47-21-27-50(120)28-22-47)73(129)110-56(68(124)108-54)16-7-37-103-83(94)95)118-75(131)62(43-48-23-29-51(121)30-24-48)114-71(127)55(15-6-36-102-82(92)93)107-67(123)53(89)12-5-35-101-81(90)91/h21-32,53-66,120-122H,1-20,33-46,87-89H2,(H,107,123)(H,108,124)(H,109,125)(H,110,129)(H,111,130)(H,112,126)(H,113,132)(H,114,127)(H,115,133)(H,116,134)(H,117,128)(H,118,131)(H,136,137)(H4,90,91,101)(H4,92,93,102)(H4,94,95,103)(H4,96,97,104)(H4,98,99,105)(H3,100,106,138)/t53-,54-,55-,56-,57-,58-,59+,60-,61-,62-,63-,64-,65-,66-/m0/s1. The van der Waals surface area contributed by atoms with Gasteiger partial charge in [0.2, 0.25) is 76.8 Å². The van der Waals surface area contributed by atoms with Crippen molar-refractivity contribution in [1.29, 1.82) is 27.0 Å². The number of aliphatic carboxylic acids is 1. The Hall–Kier alpha value is -14.2. The first kappa shape index (κ1) is 116. The van der Waals surface area contributed by atoms with Gasteiger partial charge in [-0.3, -0.25) is 89.4 Å². The Morgan fingerprint density at radius 3 is 1.20 bits per heavy atom. The number of nitrogens with two attached hydrogens (primary N) is 9. The number of phenols is 3. The molecule has 5 rings (SSSR count). The zero-order chi connectivity index (χ0) is 103. The van der Waals surface area contributed by atoms with Gasteiger partial charge in [-0.2, -0.15) is 0 Å². The van der Waals surface area contributed by atoms with Gasteiger partial charge in [0.25, 0.3) is 0 Å². The van der Waals surface area contributed by atoms with Gasteiger partial charge in [0.15, 0.2) is 29.8 Å². The molecule has 2 saturated heterocycles. The van der Waals surface area contributed by atoms with Gasteiger partial charge in [0, 0.05) is 76.6 Å². The molecular weight excluding hydrogens is 1860 g/mol. The Morgan fingerprint density at radius 1 is 0.400 bits per heavy atom. The van der Waals surface area contributed by atoms with Crippen LogP contribution in [0.15, 0.2) is 72.8 Å². The molecule has 2 fully saturated rings. The summed E-state index contributed by atoms with van der Waals surface area (Å²) in [6.45, 7) is -0.111. The molecule has 3 aromatic carbocycles. The molecular formula is C86H139N33O19S2. The second kappa shape index (κ2) is 62.6. The molecule has 52 nitrogen and oxygen atoms in total. The van der Waals surface area contributed by atoms with Crippen LogP contribution in [0.25, 0.3) is 0 Å². The van der Waals surface area contributed by atoms with Crippen LogP contribution in [0.1, 0.15) is 145 Å². The molecule has 2 aliphatic heterocycles. The number of hydrogen-bond donors (Lipinski definition) is 36. The summed E-state index contributed by atoms with van der Waals surface area (Å²) in [6, 6.07) is -7.76. The minimum absolute atomic E-state index is 0.00401. The van der Waals surface area contributed by atoms with E-state index >= 15 is 52.7 Å². The van der Waals surface area contributed by atoms with Crippen LogP contribution in [0.2, 0.25) is 0 Å². The molecule has 0 bridgehead atoms. The van der Waals surface area contributed by atoms with Gasteiger partial charge in [0.1, 0.15) is 95.8 Å². The Kier molecular flexibility index (Phi) is 52.0. The van der Waals surface area contributed by atoms with Crippen LogP contribution in [-0.2, 0) is 86.4 Å². The number of urea groups is 1. The number of phenolic OH excluding ortho intramolecular Hbond substituents is 3. The number of nitrogens with one attached hydrogen (secondary N) is 23. The zero-order valence-electron chi connectivity index (χ0n) is 77.9. The van der Waals surface area contributed by atoms with E-state index in [9.17, 15) is 39.6 Å². The fraction of sp³-hybridized carbons (Fsp3) is 0.558. The van der Waals surface area contributed by atoms with Crippen LogP contribution >= 0.6 is 21.6 Å². The molecule has 14 atom stereocenters. The minimum Gasteiger partial charge on any atom is -0.508 e. The van der Waals surface area contributed by atoms with Crippen molar-refractivity contribution < 1.29 is 92.3 Å². The van der Waals surface area contributed by atoms with Gasteiger partial charge < -0.3 is 173 Å². The Labute approximate surface area is 817 Å². The summed E-state index contributed by atoms with van der Waals surface area (Å²) in [5, 5.41) is 128. The van der Waals surface area contributed by atoms with Crippen LogP contribution in [0.3, 0.4) is 0 Å². The fourth-order valence-corrected chi connectivity index (χ4v) is 17.1. The lowest BCUT2D eigenvalue weighted by Crippen LogP contribution is -2.61. The van der Waals surface area contributed by atoms with Crippen molar-refractivity contribution in [2.45, 2.75) is 232 Å². The lowest BCUT2D eigenvalue weighted by Gasteiger charge is -2.31. The van der Waals surface area contributed by atoms with E-state index in [1.165, 1.54) is 77.7 Å². The van der Waals surface area contributed by atoms with Gasteiger partial charge in [-0.05, 0) is 195 Å². The van der Waals surface area contributed by atoms with E-state index in [2.05, 4.69) is 95.7 Å². The quantitative estimate of drug-likeness (QED) is 0.0108. The Balaban J connectivity index is 1.83. The number of aromatic hydroxyl groups is 3. The number of guanidine groups is 5. The summed E-state index contributed by atoms with van der Waals surface area (Å²) in [4.78, 5) is 224. The largest absolute Gasteiger partial charge is 0.508 e. The molecule has 45 N–H and O–H groups in total. The number of nitrogens with zero attached hydrogens (tertiary/aromatic N) is 1. The summed E-state index contributed by atoms with van der Waals surface area (Å²) >= 11 is 0. The summed E-state index contributed by atoms with van der Waals surface area (Å²) in [5.41, 5.74) is 52.4. The van der Waals surface area contributed by atoms with E-state index in [1.807, 2.05) is 0 Å². The first-order valence-electron chi connectivity index (χ1n) is 46.0. The molecule has 15 amide bonds. The van der Waals surface area contributed by atoms with E-state index in [-0.39, 0.29) is 209 Å². The summed E-state index contributed by atoms with van der Waals surface area (Å²) < 4.78 is 0. The molecule has 54 heteroatoms. The highest BCUT2D eigenvalue weighted by Crippen LogP contribution is 2.26. The Morgan fingerprint density at radius 2 is 0.764 bits per heavy atom. The number of primary amides is 1. The zero-order valence-corrected chi connectivity index (χ0v) is 79.6. The second-order valence-corrected chi connectivity index (χ2v) is 36.0. The molecule has 0 aliphatic carbocycles. The first-order chi connectivity index (χ1) is 66.6.